The summed E-state index contributed by atoms with van der Waals surface area (Å²) in [6.45, 7) is 0. The molecule has 0 unspecified atom stereocenters. The molecule has 0 atom stereocenters. The van der Waals surface area contributed by atoms with Crippen LogP contribution in [0.4, 0.5) is 0 Å². The largest absolute Gasteiger partial charge is 0.496 e. The van der Waals surface area contributed by atoms with Crippen LogP contribution in [0.5, 0.6) is 5.75 Å². The Balaban J connectivity index is 2.04. The van der Waals surface area contributed by atoms with Crippen molar-refractivity contribution >= 4 is 46.3 Å². The van der Waals surface area contributed by atoms with Crippen molar-refractivity contribution in [2.24, 2.45) is 5.10 Å². The molecule has 0 bridgehead atoms. The van der Waals surface area contributed by atoms with Crippen molar-refractivity contribution < 1.29 is 9.53 Å². The van der Waals surface area contributed by atoms with E-state index in [0.717, 1.165) is 14.9 Å². The van der Waals surface area contributed by atoms with Crippen LogP contribution in [0.2, 0.25) is 5.15 Å². The number of amides is 1. The number of carbonyl (C=O) groups excluding carboxylic acids is 1. The number of ether oxygens (including phenoxy) is 1. The SMILES string of the molecule is COc1ccc(C=NNC(=O)c2cccnc2Cl)cc1I. The summed E-state index contributed by atoms with van der Waals surface area (Å²) in [5.74, 6) is 0.381. The molecule has 0 spiro atoms. The van der Waals surface area contributed by atoms with Crippen molar-refractivity contribution in [2.75, 3.05) is 7.11 Å². The molecule has 0 fully saturated rings. The first-order chi connectivity index (χ1) is 10.1. The van der Waals surface area contributed by atoms with Crippen LogP contribution in [-0.2, 0) is 0 Å². The van der Waals surface area contributed by atoms with Crippen molar-refractivity contribution in [2.45, 2.75) is 0 Å². The fraction of sp³-hybridized carbons (Fsp3) is 0.0714. The lowest BCUT2D eigenvalue weighted by Gasteiger charge is -2.03. The predicted molar refractivity (Wildman–Crippen MR) is 90.0 cm³/mol. The third kappa shape index (κ3) is 4.15. The molecule has 1 amide bonds. The van der Waals surface area contributed by atoms with Gasteiger partial charge in [-0.25, -0.2) is 10.4 Å². The predicted octanol–water partition coefficient (Wildman–Crippen LogP) is 3.11. The Kier molecular flexibility index (Phi) is 5.51. The molecule has 0 saturated carbocycles. The van der Waals surface area contributed by atoms with E-state index in [1.165, 1.54) is 6.20 Å². The minimum absolute atomic E-state index is 0.143. The van der Waals surface area contributed by atoms with E-state index in [1.807, 2.05) is 18.2 Å². The zero-order chi connectivity index (χ0) is 15.2. The van der Waals surface area contributed by atoms with Gasteiger partial charge in [-0.05, 0) is 58.5 Å². The van der Waals surface area contributed by atoms with Gasteiger partial charge in [-0.2, -0.15) is 5.10 Å². The van der Waals surface area contributed by atoms with Gasteiger partial charge in [-0.1, -0.05) is 11.6 Å². The van der Waals surface area contributed by atoms with Crippen LogP contribution >= 0.6 is 34.2 Å². The maximum Gasteiger partial charge on any atom is 0.274 e. The highest BCUT2D eigenvalue weighted by Gasteiger charge is 2.09. The molecule has 0 saturated heterocycles. The normalized spacial score (nSPS) is 10.6. The lowest BCUT2D eigenvalue weighted by Crippen LogP contribution is -2.18. The summed E-state index contributed by atoms with van der Waals surface area (Å²) < 4.78 is 6.13. The Labute approximate surface area is 140 Å². The van der Waals surface area contributed by atoms with E-state index in [9.17, 15) is 4.79 Å². The maximum absolute atomic E-state index is 11.9. The summed E-state index contributed by atoms with van der Waals surface area (Å²) in [6, 6.07) is 8.79. The average Bonchev–Trinajstić information content (AvgIpc) is 2.48. The zero-order valence-corrected chi connectivity index (χ0v) is 13.9. The van der Waals surface area contributed by atoms with E-state index in [4.69, 9.17) is 16.3 Å². The molecule has 1 N–H and O–H groups in total. The van der Waals surface area contributed by atoms with Gasteiger partial charge in [-0.3, -0.25) is 4.79 Å². The maximum atomic E-state index is 11.9. The number of nitrogens with one attached hydrogen (secondary N) is 1. The van der Waals surface area contributed by atoms with Crippen molar-refractivity contribution in [3.63, 3.8) is 0 Å². The molecule has 1 aromatic carbocycles. The molecule has 2 aromatic rings. The number of nitrogens with zero attached hydrogens (tertiary/aromatic N) is 2. The first-order valence-corrected chi connectivity index (χ1v) is 7.35. The number of halogens is 2. The van der Waals surface area contributed by atoms with Crippen LogP contribution in [0.1, 0.15) is 15.9 Å². The third-order valence-electron chi connectivity index (χ3n) is 2.56. The van der Waals surface area contributed by atoms with Gasteiger partial charge in [0, 0.05) is 6.20 Å². The summed E-state index contributed by atoms with van der Waals surface area (Å²) in [4.78, 5) is 15.7. The minimum Gasteiger partial charge on any atom is -0.496 e. The Hall–Kier alpha value is -1.67. The third-order valence-corrected chi connectivity index (χ3v) is 3.70. The Morgan fingerprint density at radius 3 is 2.95 bits per heavy atom. The van der Waals surface area contributed by atoms with E-state index in [0.29, 0.717) is 0 Å². The second-order valence-electron chi connectivity index (χ2n) is 3.93. The number of hydrogen-bond donors (Lipinski definition) is 1. The topological polar surface area (TPSA) is 63.6 Å². The molecule has 1 heterocycles. The van der Waals surface area contributed by atoms with Gasteiger partial charge in [0.1, 0.15) is 10.9 Å². The summed E-state index contributed by atoms with van der Waals surface area (Å²) in [7, 11) is 1.61. The quantitative estimate of drug-likeness (QED) is 0.361. The van der Waals surface area contributed by atoms with E-state index < -0.39 is 5.91 Å². The first-order valence-electron chi connectivity index (χ1n) is 5.89. The molecule has 5 nitrogen and oxygen atoms in total. The highest BCUT2D eigenvalue weighted by Crippen LogP contribution is 2.20. The van der Waals surface area contributed by atoms with Crippen LogP contribution in [0.3, 0.4) is 0 Å². The van der Waals surface area contributed by atoms with Crippen LogP contribution in [0, 0.1) is 3.57 Å². The van der Waals surface area contributed by atoms with Crippen molar-refractivity contribution in [1.29, 1.82) is 0 Å². The van der Waals surface area contributed by atoms with Crippen molar-refractivity contribution in [1.82, 2.24) is 10.4 Å². The highest BCUT2D eigenvalue weighted by molar-refractivity contribution is 14.1. The number of methoxy groups -OCH3 is 1. The fourth-order valence-electron chi connectivity index (χ4n) is 1.54. The number of rotatable bonds is 4. The number of carbonyl (C=O) groups is 1. The van der Waals surface area contributed by atoms with Gasteiger partial charge in [0.15, 0.2) is 0 Å². The summed E-state index contributed by atoms with van der Waals surface area (Å²) in [5, 5.41) is 4.04. The number of benzene rings is 1. The molecule has 0 radical (unpaired) electrons. The number of aromatic nitrogens is 1. The Morgan fingerprint density at radius 1 is 1.48 bits per heavy atom. The summed E-state index contributed by atoms with van der Waals surface area (Å²) in [5.41, 5.74) is 3.53. The molecule has 108 valence electrons. The molecular weight excluding hydrogens is 405 g/mol. The smallest absolute Gasteiger partial charge is 0.274 e. The van der Waals surface area contributed by atoms with Gasteiger partial charge in [-0.15, -0.1) is 0 Å². The Morgan fingerprint density at radius 2 is 2.29 bits per heavy atom. The monoisotopic (exact) mass is 415 g/mol. The molecule has 21 heavy (non-hydrogen) atoms. The van der Waals surface area contributed by atoms with Gasteiger partial charge >= 0.3 is 0 Å². The lowest BCUT2D eigenvalue weighted by atomic mass is 10.2. The van der Waals surface area contributed by atoms with Crippen LogP contribution in [-0.4, -0.2) is 24.2 Å². The molecule has 2 rings (SSSR count). The van der Waals surface area contributed by atoms with E-state index in [-0.39, 0.29) is 10.7 Å². The van der Waals surface area contributed by atoms with Crippen molar-refractivity contribution in [3.8, 4) is 5.75 Å². The zero-order valence-electron chi connectivity index (χ0n) is 11.0. The average molecular weight is 416 g/mol. The highest BCUT2D eigenvalue weighted by atomic mass is 127. The van der Waals surface area contributed by atoms with E-state index in [2.05, 4.69) is 38.1 Å². The Bertz CT molecular complexity index is 692. The second-order valence-corrected chi connectivity index (χ2v) is 5.46. The van der Waals surface area contributed by atoms with E-state index >= 15 is 0 Å². The van der Waals surface area contributed by atoms with Crippen LogP contribution < -0.4 is 10.2 Å². The number of hydrazone groups is 1. The van der Waals surface area contributed by atoms with Crippen LogP contribution in [0.15, 0.2) is 41.6 Å². The summed E-state index contributed by atoms with van der Waals surface area (Å²) >= 11 is 8.00. The summed E-state index contributed by atoms with van der Waals surface area (Å²) in [6.07, 6.45) is 3.06. The molecule has 0 aliphatic carbocycles. The van der Waals surface area contributed by atoms with Gasteiger partial charge in [0.05, 0.1) is 22.5 Å². The minimum atomic E-state index is -0.410. The van der Waals surface area contributed by atoms with Gasteiger partial charge in [0.25, 0.3) is 5.91 Å². The molecule has 7 heteroatoms. The number of pyridine rings is 1. The van der Waals surface area contributed by atoms with Crippen LogP contribution in [0.25, 0.3) is 0 Å². The lowest BCUT2D eigenvalue weighted by molar-refractivity contribution is 0.0955. The molecule has 0 aliphatic rings. The van der Waals surface area contributed by atoms with Crippen molar-refractivity contribution in [3.05, 3.63) is 56.4 Å². The fourth-order valence-corrected chi connectivity index (χ4v) is 2.51. The van der Waals surface area contributed by atoms with Gasteiger partial charge in [0.2, 0.25) is 0 Å². The number of hydrogen-bond acceptors (Lipinski definition) is 4. The van der Waals surface area contributed by atoms with Gasteiger partial charge < -0.3 is 4.74 Å². The van der Waals surface area contributed by atoms with E-state index in [1.54, 1.807) is 25.5 Å². The molecule has 0 aliphatic heterocycles. The molecular formula is C14H11ClIN3O2. The second kappa shape index (κ2) is 7.37. The standard InChI is InChI=1S/C14H11ClIN3O2/c1-21-12-5-4-9(7-11(12)16)8-18-19-14(20)10-3-2-6-17-13(10)15/h2-8H,1H3,(H,19,20). The first kappa shape index (κ1) is 15.7. The molecule has 1 aromatic heterocycles.